The Hall–Kier alpha value is -1.00. The fourth-order valence-corrected chi connectivity index (χ4v) is 2.84. The van der Waals surface area contributed by atoms with Crippen molar-refractivity contribution in [3.8, 4) is 0 Å². The predicted octanol–water partition coefficient (Wildman–Crippen LogP) is 2.08. The smallest absolute Gasteiger partial charge is 0.191 e. The van der Waals surface area contributed by atoms with Crippen LogP contribution in [0, 0.1) is 17.0 Å². The first-order valence-corrected chi connectivity index (χ1v) is 8.16. The molecule has 0 saturated carbocycles. The highest BCUT2D eigenvalue weighted by atomic mass is 127. The third-order valence-electron chi connectivity index (χ3n) is 4.38. The lowest BCUT2D eigenvalue weighted by Crippen LogP contribution is -2.45. The van der Waals surface area contributed by atoms with Gasteiger partial charge in [0.25, 0.3) is 0 Å². The monoisotopic (exact) mass is 469 g/mol. The van der Waals surface area contributed by atoms with Crippen LogP contribution in [0.3, 0.4) is 0 Å². The topological polar surface area (TPSA) is 65.9 Å². The molecule has 1 unspecified atom stereocenters. The lowest BCUT2D eigenvalue weighted by atomic mass is 9.84. The molecular formula is C17H26F2IN3O2. The maximum absolute atomic E-state index is 13.6. The molecule has 8 heteroatoms. The van der Waals surface area contributed by atoms with Gasteiger partial charge in [-0.25, -0.2) is 8.78 Å². The highest BCUT2D eigenvalue weighted by Gasteiger charge is 2.34. The summed E-state index contributed by atoms with van der Waals surface area (Å²) in [5.41, 5.74) is 0.385. The lowest BCUT2D eigenvalue weighted by Gasteiger charge is -2.27. The Kier molecular flexibility index (Phi) is 9.58. The number of ether oxygens (including phenoxy) is 1. The number of rotatable bonds is 7. The third-order valence-corrected chi connectivity index (χ3v) is 4.38. The molecule has 1 atom stereocenters. The summed E-state index contributed by atoms with van der Waals surface area (Å²) >= 11 is 0. The summed E-state index contributed by atoms with van der Waals surface area (Å²) in [5.74, 6) is -0.499. The summed E-state index contributed by atoms with van der Waals surface area (Å²) in [7, 11) is 1.66. The minimum atomic E-state index is -0.574. The zero-order valence-electron chi connectivity index (χ0n) is 14.4. The normalized spacial score (nSPS) is 20.2. The Bertz CT molecular complexity index is 567. The van der Waals surface area contributed by atoms with Crippen molar-refractivity contribution in [1.82, 2.24) is 10.6 Å². The fraction of sp³-hybridized carbons (Fsp3) is 0.588. The van der Waals surface area contributed by atoms with Crippen molar-refractivity contribution in [1.29, 1.82) is 0 Å². The van der Waals surface area contributed by atoms with E-state index in [-0.39, 0.29) is 36.0 Å². The van der Waals surface area contributed by atoms with Gasteiger partial charge in [-0.05, 0) is 30.9 Å². The number of guanidine groups is 1. The van der Waals surface area contributed by atoms with E-state index in [0.29, 0.717) is 50.7 Å². The molecule has 1 aromatic rings. The molecule has 2 rings (SSSR count). The number of nitrogens with zero attached hydrogens (tertiary/aromatic N) is 1. The van der Waals surface area contributed by atoms with Gasteiger partial charge in [0.2, 0.25) is 0 Å². The second-order valence-electron chi connectivity index (χ2n) is 6.11. The van der Waals surface area contributed by atoms with E-state index >= 15 is 0 Å². The van der Waals surface area contributed by atoms with Crippen LogP contribution in [-0.4, -0.2) is 51.0 Å². The first kappa shape index (κ1) is 22.0. The molecule has 0 bridgehead atoms. The SMILES string of the molecule is CN=C(NCCc1ccc(F)cc1F)NCC1(CCO)CCOC1.I. The number of benzene rings is 1. The second-order valence-corrected chi connectivity index (χ2v) is 6.11. The van der Waals surface area contributed by atoms with E-state index in [1.54, 1.807) is 7.05 Å². The van der Waals surface area contributed by atoms with Crippen molar-refractivity contribution in [3.63, 3.8) is 0 Å². The number of aliphatic hydroxyl groups is 1. The molecule has 5 nitrogen and oxygen atoms in total. The van der Waals surface area contributed by atoms with Crippen molar-refractivity contribution >= 4 is 29.9 Å². The van der Waals surface area contributed by atoms with Crippen molar-refractivity contribution < 1.29 is 18.6 Å². The van der Waals surface area contributed by atoms with Crippen LogP contribution in [0.5, 0.6) is 0 Å². The van der Waals surface area contributed by atoms with Crippen LogP contribution in [0.2, 0.25) is 0 Å². The van der Waals surface area contributed by atoms with Gasteiger partial charge in [-0.15, -0.1) is 24.0 Å². The average molecular weight is 469 g/mol. The number of nitrogens with one attached hydrogen (secondary N) is 2. The number of aliphatic hydroxyl groups excluding tert-OH is 1. The Morgan fingerprint density at radius 2 is 2.16 bits per heavy atom. The number of aliphatic imine (C=N–C) groups is 1. The molecule has 0 amide bonds. The first-order valence-electron chi connectivity index (χ1n) is 8.16. The van der Waals surface area contributed by atoms with E-state index in [4.69, 9.17) is 4.74 Å². The van der Waals surface area contributed by atoms with E-state index in [0.717, 1.165) is 12.5 Å². The van der Waals surface area contributed by atoms with Gasteiger partial charge in [0.05, 0.1) is 6.61 Å². The highest BCUT2D eigenvalue weighted by molar-refractivity contribution is 14.0. The van der Waals surface area contributed by atoms with Crippen LogP contribution >= 0.6 is 24.0 Å². The van der Waals surface area contributed by atoms with Crippen LogP contribution in [-0.2, 0) is 11.2 Å². The van der Waals surface area contributed by atoms with Crippen LogP contribution < -0.4 is 10.6 Å². The minimum Gasteiger partial charge on any atom is -0.396 e. The van der Waals surface area contributed by atoms with Crippen LogP contribution in [0.1, 0.15) is 18.4 Å². The average Bonchev–Trinajstić information content (AvgIpc) is 3.02. The van der Waals surface area contributed by atoms with Gasteiger partial charge in [-0.2, -0.15) is 0 Å². The molecular weight excluding hydrogens is 443 g/mol. The molecule has 1 aliphatic heterocycles. The molecule has 0 radical (unpaired) electrons. The van der Waals surface area contributed by atoms with Crippen molar-refractivity contribution in [2.75, 3.05) is 40.0 Å². The number of hydrogen-bond acceptors (Lipinski definition) is 3. The first-order chi connectivity index (χ1) is 11.6. The lowest BCUT2D eigenvalue weighted by molar-refractivity contribution is 0.127. The quantitative estimate of drug-likeness (QED) is 0.325. The van der Waals surface area contributed by atoms with Crippen LogP contribution in [0.25, 0.3) is 0 Å². The highest BCUT2D eigenvalue weighted by Crippen LogP contribution is 2.31. The van der Waals surface area contributed by atoms with Crippen molar-refractivity contribution in [3.05, 3.63) is 35.4 Å². The standard InChI is InChI=1S/C17H25F2N3O2.HI/c1-20-16(22-11-17(5-8-23)6-9-24-12-17)21-7-4-13-2-3-14(18)10-15(13)19;/h2-3,10,23H,4-9,11-12H2,1H3,(H2,20,21,22);1H. The largest absolute Gasteiger partial charge is 0.396 e. The van der Waals surface area contributed by atoms with E-state index < -0.39 is 11.6 Å². The van der Waals surface area contributed by atoms with Gasteiger partial charge in [-0.3, -0.25) is 4.99 Å². The van der Waals surface area contributed by atoms with Gasteiger partial charge in [0, 0.05) is 44.8 Å². The van der Waals surface area contributed by atoms with Crippen LogP contribution in [0.15, 0.2) is 23.2 Å². The van der Waals surface area contributed by atoms with Crippen molar-refractivity contribution in [2.24, 2.45) is 10.4 Å². The zero-order chi connectivity index (χ0) is 17.4. The number of halogens is 3. The molecule has 1 saturated heterocycles. The van der Waals surface area contributed by atoms with Gasteiger partial charge < -0.3 is 20.5 Å². The van der Waals surface area contributed by atoms with Gasteiger partial charge in [-0.1, -0.05) is 6.07 Å². The summed E-state index contributed by atoms with van der Waals surface area (Å²) in [6.45, 7) is 2.58. The molecule has 0 spiro atoms. The third kappa shape index (κ3) is 6.67. The van der Waals surface area contributed by atoms with Crippen LogP contribution in [0.4, 0.5) is 8.78 Å². The van der Waals surface area contributed by atoms with E-state index in [1.807, 2.05) is 0 Å². The molecule has 3 N–H and O–H groups in total. The number of hydrogen-bond donors (Lipinski definition) is 3. The molecule has 1 aliphatic rings. The predicted molar refractivity (Wildman–Crippen MR) is 104 cm³/mol. The van der Waals surface area contributed by atoms with Gasteiger partial charge in [0.15, 0.2) is 5.96 Å². The molecule has 0 aliphatic carbocycles. The molecule has 1 heterocycles. The molecule has 0 aromatic heterocycles. The Labute approximate surface area is 164 Å². The van der Waals surface area contributed by atoms with E-state index in [1.165, 1.54) is 12.1 Å². The fourth-order valence-electron chi connectivity index (χ4n) is 2.84. The second kappa shape index (κ2) is 10.9. The minimum absolute atomic E-state index is 0. The Morgan fingerprint density at radius 1 is 1.36 bits per heavy atom. The maximum Gasteiger partial charge on any atom is 0.191 e. The van der Waals surface area contributed by atoms with Gasteiger partial charge >= 0.3 is 0 Å². The van der Waals surface area contributed by atoms with Gasteiger partial charge in [0.1, 0.15) is 11.6 Å². The van der Waals surface area contributed by atoms with E-state index in [9.17, 15) is 13.9 Å². The zero-order valence-corrected chi connectivity index (χ0v) is 16.7. The Morgan fingerprint density at radius 3 is 2.76 bits per heavy atom. The summed E-state index contributed by atoms with van der Waals surface area (Å²) in [6.07, 6.45) is 2.01. The molecule has 25 heavy (non-hydrogen) atoms. The summed E-state index contributed by atoms with van der Waals surface area (Å²) < 4.78 is 31.9. The maximum atomic E-state index is 13.6. The molecule has 1 fully saturated rings. The van der Waals surface area contributed by atoms with Crippen molar-refractivity contribution in [2.45, 2.75) is 19.3 Å². The molecule has 142 valence electrons. The summed E-state index contributed by atoms with van der Waals surface area (Å²) in [6, 6.07) is 3.60. The summed E-state index contributed by atoms with van der Waals surface area (Å²) in [5, 5.41) is 15.6. The van der Waals surface area contributed by atoms with E-state index in [2.05, 4.69) is 15.6 Å². The Balaban J connectivity index is 0.00000312. The molecule has 1 aromatic carbocycles. The summed E-state index contributed by atoms with van der Waals surface area (Å²) in [4.78, 5) is 4.15.